The van der Waals surface area contributed by atoms with Crippen LogP contribution in [0.25, 0.3) is 0 Å². The summed E-state index contributed by atoms with van der Waals surface area (Å²) < 4.78 is 6.08. The maximum absolute atomic E-state index is 6.08. The second-order valence-corrected chi connectivity index (χ2v) is 5.60. The van der Waals surface area contributed by atoms with Crippen LogP contribution in [-0.4, -0.2) is 0 Å². The highest BCUT2D eigenvalue weighted by Gasteiger charge is 2.37. The predicted octanol–water partition coefficient (Wildman–Crippen LogP) is 4.17. The van der Waals surface area contributed by atoms with Gasteiger partial charge in [0.25, 0.3) is 0 Å². The molecule has 0 aromatic heterocycles. The van der Waals surface area contributed by atoms with Gasteiger partial charge in [-0.05, 0) is 36.0 Å². The third kappa shape index (κ3) is 1.69. The van der Waals surface area contributed by atoms with Crippen molar-refractivity contribution in [2.45, 2.75) is 46.8 Å². The van der Waals surface area contributed by atoms with Crippen molar-refractivity contribution in [2.75, 3.05) is 0 Å². The first-order chi connectivity index (χ1) is 6.91. The number of ether oxygens (including phenoxy) is 1. The van der Waals surface area contributed by atoms with Crippen molar-refractivity contribution in [1.82, 2.24) is 0 Å². The van der Waals surface area contributed by atoms with E-state index in [4.69, 9.17) is 4.74 Å². The van der Waals surface area contributed by atoms with Gasteiger partial charge < -0.3 is 4.74 Å². The van der Waals surface area contributed by atoms with Crippen LogP contribution in [0, 0.1) is 12.3 Å². The van der Waals surface area contributed by atoms with E-state index < -0.39 is 0 Å². The zero-order valence-corrected chi connectivity index (χ0v) is 10.3. The summed E-state index contributed by atoms with van der Waals surface area (Å²) in [6.07, 6.45) is 0.479. The summed E-state index contributed by atoms with van der Waals surface area (Å²) in [6, 6.07) is 6.50. The van der Waals surface area contributed by atoms with Crippen LogP contribution < -0.4 is 0 Å². The standard InChI is InChI=1S/C14H20O/c1-9-7-6-8-11-10(2)15-13(12(9)11)14(3,4)5/h6-8,10,13H,1-5H3. The van der Waals surface area contributed by atoms with Crippen molar-refractivity contribution in [1.29, 1.82) is 0 Å². The van der Waals surface area contributed by atoms with Crippen LogP contribution in [-0.2, 0) is 4.74 Å². The van der Waals surface area contributed by atoms with Crippen LogP contribution in [0.2, 0.25) is 0 Å². The van der Waals surface area contributed by atoms with Gasteiger partial charge in [-0.15, -0.1) is 0 Å². The van der Waals surface area contributed by atoms with Gasteiger partial charge in [-0.2, -0.15) is 0 Å². The molecule has 1 heterocycles. The Kier molecular flexibility index (Phi) is 2.38. The highest BCUT2D eigenvalue weighted by atomic mass is 16.5. The van der Waals surface area contributed by atoms with E-state index in [1.54, 1.807) is 0 Å². The van der Waals surface area contributed by atoms with E-state index in [1.807, 2.05) is 0 Å². The summed E-state index contributed by atoms with van der Waals surface area (Å²) in [6.45, 7) is 11.0. The molecule has 2 unspecified atom stereocenters. The van der Waals surface area contributed by atoms with Crippen molar-refractivity contribution < 1.29 is 4.74 Å². The lowest BCUT2D eigenvalue weighted by Gasteiger charge is -2.28. The van der Waals surface area contributed by atoms with Crippen molar-refractivity contribution in [3.8, 4) is 0 Å². The number of rotatable bonds is 0. The minimum atomic E-state index is 0.172. The van der Waals surface area contributed by atoms with Crippen molar-refractivity contribution >= 4 is 0 Å². The van der Waals surface area contributed by atoms with Gasteiger partial charge in [-0.3, -0.25) is 0 Å². The minimum Gasteiger partial charge on any atom is -0.365 e. The van der Waals surface area contributed by atoms with Gasteiger partial charge in [0.15, 0.2) is 0 Å². The van der Waals surface area contributed by atoms with E-state index in [0.717, 1.165) is 0 Å². The molecule has 2 rings (SSSR count). The summed E-state index contributed by atoms with van der Waals surface area (Å²) in [5.41, 5.74) is 4.32. The van der Waals surface area contributed by atoms with E-state index in [-0.39, 0.29) is 17.6 Å². The molecular formula is C14H20O. The topological polar surface area (TPSA) is 9.23 Å². The van der Waals surface area contributed by atoms with Gasteiger partial charge in [0.1, 0.15) is 0 Å². The number of hydrogen-bond donors (Lipinski definition) is 0. The normalized spacial score (nSPS) is 25.4. The van der Waals surface area contributed by atoms with Gasteiger partial charge in [0.2, 0.25) is 0 Å². The maximum Gasteiger partial charge on any atom is 0.0887 e. The summed E-state index contributed by atoms with van der Waals surface area (Å²) in [5, 5.41) is 0. The molecule has 0 radical (unpaired) electrons. The lowest BCUT2D eigenvalue weighted by molar-refractivity contribution is -0.0397. The highest BCUT2D eigenvalue weighted by Crippen LogP contribution is 2.48. The Hall–Kier alpha value is -0.820. The van der Waals surface area contributed by atoms with E-state index in [1.165, 1.54) is 16.7 Å². The molecule has 1 aliphatic heterocycles. The zero-order chi connectivity index (χ0) is 11.2. The molecule has 2 atom stereocenters. The second-order valence-electron chi connectivity index (χ2n) is 5.60. The molecule has 82 valence electrons. The molecule has 0 amide bonds. The molecule has 0 saturated heterocycles. The summed E-state index contributed by atoms with van der Waals surface area (Å²) in [4.78, 5) is 0. The van der Waals surface area contributed by atoms with Crippen LogP contribution in [0.1, 0.15) is 56.6 Å². The smallest absolute Gasteiger partial charge is 0.0887 e. The Balaban J connectivity index is 2.54. The lowest BCUT2D eigenvalue weighted by Crippen LogP contribution is -2.18. The third-order valence-corrected chi connectivity index (χ3v) is 3.18. The molecule has 1 nitrogen and oxygen atoms in total. The molecule has 0 N–H and O–H groups in total. The predicted molar refractivity (Wildman–Crippen MR) is 62.9 cm³/mol. The fourth-order valence-corrected chi connectivity index (χ4v) is 2.40. The third-order valence-electron chi connectivity index (χ3n) is 3.18. The van der Waals surface area contributed by atoms with Gasteiger partial charge >= 0.3 is 0 Å². The molecule has 0 bridgehead atoms. The molecule has 1 aromatic rings. The monoisotopic (exact) mass is 204 g/mol. The summed E-state index contributed by atoms with van der Waals surface area (Å²) in [7, 11) is 0. The van der Waals surface area contributed by atoms with Gasteiger partial charge in [0, 0.05) is 0 Å². The average Bonchev–Trinajstić information content (AvgIpc) is 2.45. The van der Waals surface area contributed by atoms with Crippen molar-refractivity contribution in [2.24, 2.45) is 5.41 Å². The van der Waals surface area contributed by atoms with Crippen molar-refractivity contribution in [3.63, 3.8) is 0 Å². The lowest BCUT2D eigenvalue weighted by atomic mass is 9.82. The minimum absolute atomic E-state index is 0.172. The Morgan fingerprint density at radius 3 is 2.47 bits per heavy atom. The first-order valence-electron chi connectivity index (χ1n) is 5.66. The second kappa shape index (κ2) is 3.34. The van der Waals surface area contributed by atoms with Crippen LogP contribution >= 0.6 is 0 Å². The molecule has 1 heteroatoms. The molecule has 0 fully saturated rings. The maximum atomic E-state index is 6.08. The van der Waals surface area contributed by atoms with Crippen LogP contribution in [0.3, 0.4) is 0 Å². The van der Waals surface area contributed by atoms with E-state index >= 15 is 0 Å². The summed E-state index contributed by atoms with van der Waals surface area (Å²) >= 11 is 0. The fourth-order valence-electron chi connectivity index (χ4n) is 2.40. The molecule has 0 aliphatic carbocycles. The van der Waals surface area contributed by atoms with Gasteiger partial charge in [-0.1, -0.05) is 39.0 Å². The number of fused-ring (bicyclic) bond motifs is 1. The fraction of sp³-hybridized carbons (Fsp3) is 0.571. The highest BCUT2D eigenvalue weighted by molar-refractivity contribution is 5.41. The van der Waals surface area contributed by atoms with Crippen molar-refractivity contribution in [3.05, 3.63) is 34.9 Å². The molecule has 15 heavy (non-hydrogen) atoms. The van der Waals surface area contributed by atoms with Crippen LogP contribution in [0.5, 0.6) is 0 Å². The molecule has 1 aromatic carbocycles. The number of benzene rings is 1. The first-order valence-corrected chi connectivity index (χ1v) is 5.66. The molecule has 0 spiro atoms. The molecular weight excluding hydrogens is 184 g/mol. The molecule has 0 saturated carbocycles. The Morgan fingerprint density at radius 1 is 1.20 bits per heavy atom. The number of hydrogen-bond acceptors (Lipinski definition) is 1. The average molecular weight is 204 g/mol. The Morgan fingerprint density at radius 2 is 1.87 bits per heavy atom. The molecule has 1 aliphatic rings. The van der Waals surface area contributed by atoms with Gasteiger partial charge in [0.05, 0.1) is 12.2 Å². The van der Waals surface area contributed by atoms with E-state index in [2.05, 4.69) is 52.8 Å². The zero-order valence-electron chi connectivity index (χ0n) is 10.3. The SMILES string of the molecule is Cc1cccc2c1C(C(C)(C)C)OC2C. The van der Waals surface area contributed by atoms with Gasteiger partial charge in [-0.25, -0.2) is 0 Å². The Labute approximate surface area is 92.5 Å². The van der Waals surface area contributed by atoms with E-state index in [0.29, 0.717) is 0 Å². The quantitative estimate of drug-likeness (QED) is 0.616. The Bertz CT molecular complexity index is 373. The first kappa shape index (κ1) is 10.7. The largest absolute Gasteiger partial charge is 0.365 e. The van der Waals surface area contributed by atoms with Crippen LogP contribution in [0.4, 0.5) is 0 Å². The van der Waals surface area contributed by atoms with Crippen LogP contribution in [0.15, 0.2) is 18.2 Å². The summed E-state index contributed by atoms with van der Waals surface area (Å²) in [5.74, 6) is 0. The number of aryl methyl sites for hydroxylation is 1. The van der Waals surface area contributed by atoms with E-state index in [9.17, 15) is 0 Å².